The Morgan fingerprint density at radius 1 is 1.40 bits per heavy atom. The molecule has 0 aliphatic heterocycles. The van der Waals surface area contributed by atoms with Gasteiger partial charge in [-0.2, -0.15) is 0 Å². The summed E-state index contributed by atoms with van der Waals surface area (Å²) in [7, 11) is 1.71. The highest BCUT2D eigenvalue weighted by atomic mass is 79.9. The van der Waals surface area contributed by atoms with E-state index in [1.165, 1.54) is 5.56 Å². The number of nitrogens with one attached hydrogen (secondary N) is 1. The molecule has 1 heterocycles. The molecular formula is C15H20BrN3O. The first-order valence-corrected chi connectivity index (χ1v) is 7.56. The highest BCUT2D eigenvalue weighted by Crippen LogP contribution is 2.22. The van der Waals surface area contributed by atoms with Crippen LogP contribution in [0.3, 0.4) is 0 Å². The Kier molecular flexibility index (Phi) is 5.76. The molecule has 108 valence electrons. The highest BCUT2D eigenvalue weighted by Gasteiger charge is 2.06. The minimum Gasteiger partial charge on any atom is -0.383 e. The molecule has 1 N–H and O–H groups in total. The topological polar surface area (TPSA) is 39.1 Å². The van der Waals surface area contributed by atoms with Gasteiger partial charge in [0.15, 0.2) is 0 Å². The molecule has 0 aliphatic rings. The monoisotopic (exact) mass is 337 g/mol. The average molecular weight is 338 g/mol. The van der Waals surface area contributed by atoms with Crippen molar-refractivity contribution in [3.8, 4) is 5.69 Å². The molecule has 2 rings (SSSR count). The zero-order valence-corrected chi connectivity index (χ0v) is 13.5. The van der Waals surface area contributed by atoms with Gasteiger partial charge >= 0.3 is 0 Å². The molecule has 5 heteroatoms. The summed E-state index contributed by atoms with van der Waals surface area (Å²) in [6, 6.07) is 6.39. The second-order valence-electron chi connectivity index (χ2n) is 4.51. The Bertz CT molecular complexity index is 554. The van der Waals surface area contributed by atoms with Crippen LogP contribution >= 0.6 is 15.9 Å². The van der Waals surface area contributed by atoms with Gasteiger partial charge in [-0.3, -0.25) is 0 Å². The fourth-order valence-corrected chi connectivity index (χ4v) is 2.56. The number of halogens is 1. The third kappa shape index (κ3) is 3.69. The molecule has 0 aliphatic carbocycles. The Labute approximate surface area is 128 Å². The van der Waals surface area contributed by atoms with Crippen LogP contribution in [0, 0.1) is 0 Å². The Morgan fingerprint density at radius 2 is 2.25 bits per heavy atom. The number of methoxy groups -OCH3 is 1. The first-order valence-electron chi connectivity index (χ1n) is 6.77. The molecule has 0 amide bonds. The molecule has 0 radical (unpaired) electrons. The summed E-state index contributed by atoms with van der Waals surface area (Å²) in [6.07, 6.45) is 4.76. The van der Waals surface area contributed by atoms with E-state index in [1.807, 2.05) is 12.4 Å². The van der Waals surface area contributed by atoms with E-state index >= 15 is 0 Å². The van der Waals surface area contributed by atoms with Crippen molar-refractivity contribution < 1.29 is 4.74 Å². The first kappa shape index (κ1) is 15.2. The zero-order valence-electron chi connectivity index (χ0n) is 11.9. The van der Waals surface area contributed by atoms with E-state index in [9.17, 15) is 0 Å². The lowest BCUT2D eigenvalue weighted by atomic mass is 10.2. The van der Waals surface area contributed by atoms with E-state index < -0.39 is 0 Å². The summed E-state index contributed by atoms with van der Waals surface area (Å²) in [5, 5.41) is 3.35. The van der Waals surface area contributed by atoms with E-state index in [2.05, 4.69) is 55.9 Å². The maximum Gasteiger partial charge on any atom is 0.112 e. The SMILES string of the molecule is CCc1nccn1-c1ccc(CNCCOC)c(Br)c1. The molecule has 20 heavy (non-hydrogen) atoms. The number of hydrogen-bond acceptors (Lipinski definition) is 3. The maximum absolute atomic E-state index is 5.02. The number of benzene rings is 1. The van der Waals surface area contributed by atoms with Gasteiger partial charge in [-0.15, -0.1) is 0 Å². The van der Waals surface area contributed by atoms with Crippen LogP contribution in [0.15, 0.2) is 35.1 Å². The second kappa shape index (κ2) is 7.57. The van der Waals surface area contributed by atoms with E-state index in [1.54, 1.807) is 7.11 Å². The van der Waals surface area contributed by atoms with Crippen LogP contribution in [0.2, 0.25) is 0 Å². The summed E-state index contributed by atoms with van der Waals surface area (Å²) in [5.41, 5.74) is 2.37. The normalized spacial score (nSPS) is 10.9. The standard InChI is InChI=1S/C15H20BrN3O/c1-3-15-18-6-8-19(15)13-5-4-12(14(16)10-13)11-17-7-9-20-2/h4-6,8,10,17H,3,7,9,11H2,1-2H3. The number of aromatic nitrogens is 2. The fraction of sp³-hybridized carbons (Fsp3) is 0.400. The van der Waals surface area contributed by atoms with Crippen LogP contribution in [0.25, 0.3) is 5.69 Å². The van der Waals surface area contributed by atoms with E-state index in [0.717, 1.165) is 42.1 Å². The van der Waals surface area contributed by atoms with Gasteiger partial charge in [0.1, 0.15) is 5.82 Å². The van der Waals surface area contributed by atoms with E-state index in [-0.39, 0.29) is 0 Å². The van der Waals surface area contributed by atoms with Crippen LogP contribution in [-0.2, 0) is 17.7 Å². The number of hydrogen-bond donors (Lipinski definition) is 1. The van der Waals surface area contributed by atoms with Crippen molar-refractivity contribution in [1.82, 2.24) is 14.9 Å². The third-order valence-corrected chi connectivity index (χ3v) is 3.89. The molecule has 4 nitrogen and oxygen atoms in total. The van der Waals surface area contributed by atoms with E-state index in [0.29, 0.717) is 0 Å². The molecule has 2 aromatic rings. The molecule has 0 saturated heterocycles. The van der Waals surface area contributed by atoms with Crippen LogP contribution in [0.5, 0.6) is 0 Å². The summed E-state index contributed by atoms with van der Waals surface area (Å²) in [4.78, 5) is 4.35. The summed E-state index contributed by atoms with van der Waals surface area (Å²) in [6.45, 7) is 4.52. The zero-order chi connectivity index (χ0) is 14.4. The lowest BCUT2D eigenvalue weighted by Gasteiger charge is -2.11. The summed E-state index contributed by atoms with van der Waals surface area (Å²) in [5.74, 6) is 1.07. The van der Waals surface area contributed by atoms with Gasteiger partial charge in [-0.05, 0) is 17.7 Å². The molecule has 0 fully saturated rings. The lowest BCUT2D eigenvalue weighted by Crippen LogP contribution is -2.18. The smallest absolute Gasteiger partial charge is 0.112 e. The van der Waals surface area contributed by atoms with Crippen molar-refractivity contribution in [2.24, 2.45) is 0 Å². The van der Waals surface area contributed by atoms with Gasteiger partial charge in [0.05, 0.1) is 6.61 Å². The maximum atomic E-state index is 5.02. The van der Waals surface area contributed by atoms with Crippen molar-refractivity contribution >= 4 is 15.9 Å². The first-order chi connectivity index (χ1) is 9.76. The molecule has 0 bridgehead atoms. The Hall–Kier alpha value is -1.17. The molecule has 0 unspecified atom stereocenters. The lowest BCUT2D eigenvalue weighted by molar-refractivity contribution is 0.199. The number of ether oxygens (including phenoxy) is 1. The largest absolute Gasteiger partial charge is 0.383 e. The third-order valence-electron chi connectivity index (χ3n) is 3.15. The number of nitrogens with zero attached hydrogens (tertiary/aromatic N) is 2. The van der Waals surface area contributed by atoms with Gasteiger partial charge in [-0.25, -0.2) is 4.98 Å². The molecule has 0 atom stereocenters. The van der Waals surface area contributed by atoms with Crippen LogP contribution in [-0.4, -0.2) is 29.8 Å². The molecule has 0 saturated carbocycles. The van der Waals surface area contributed by atoms with Crippen molar-refractivity contribution in [3.05, 3.63) is 46.5 Å². The number of aryl methyl sites for hydroxylation is 1. The molecule has 1 aromatic carbocycles. The van der Waals surface area contributed by atoms with Crippen LogP contribution in [0.1, 0.15) is 18.3 Å². The highest BCUT2D eigenvalue weighted by molar-refractivity contribution is 9.10. The predicted octanol–water partition coefficient (Wildman–Crippen LogP) is 2.93. The fourth-order valence-electron chi connectivity index (χ4n) is 2.06. The van der Waals surface area contributed by atoms with Crippen molar-refractivity contribution in [2.45, 2.75) is 19.9 Å². The second-order valence-corrected chi connectivity index (χ2v) is 5.37. The van der Waals surface area contributed by atoms with Gasteiger partial charge in [0.25, 0.3) is 0 Å². The van der Waals surface area contributed by atoms with Crippen molar-refractivity contribution in [1.29, 1.82) is 0 Å². The average Bonchev–Trinajstić information content (AvgIpc) is 2.93. The minimum absolute atomic E-state index is 0.727. The minimum atomic E-state index is 0.727. The molecular weight excluding hydrogens is 318 g/mol. The quantitative estimate of drug-likeness (QED) is 0.789. The van der Waals surface area contributed by atoms with Crippen LogP contribution in [0.4, 0.5) is 0 Å². The Balaban J connectivity index is 2.09. The molecule has 0 spiro atoms. The summed E-state index contributed by atoms with van der Waals surface area (Å²) >= 11 is 3.64. The van der Waals surface area contributed by atoms with Gasteiger partial charge < -0.3 is 14.6 Å². The van der Waals surface area contributed by atoms with Crippen molar-refractivity contribution in [2.75, 3.05) is 20.3 Å². The summed E-state index contributed by atoms with van der Waals surface area (Å²) < 4.78 is 8.24. The van der Waals surface area contributed by atoms with Crippen molar-refractivity contribution in [3.63, 3.8) is 0 Å². The number of imidazole rings is 1. The van der Waals surface area contributed by atoms with E-state index in [4.69, 9.17) is 4.74 Å². The van der Waals surface area contributed by atoms with Crippen LogP contribution < -0.4 is 5.32 Å². The number of rotatable bonds is 7. The predicted molar refractivity (Wildman–Crippen MR) is 84.2 cm³/mol. The Morgan fingerprint density at radius 3 is 2.95 bits per heavy atom. The van der Waals surface area contributed by atoms with Gasteiger partial charge in [0, 0.05) is 49.2 Å². The molecule has 1 aromatic heterocycles. The van der Waals surface area contributed by atoms with Gasteiger partial charge in [-0.1, -0.05) is 28.9 Å². The van der Waals surface area contributed by atoms with Gasteiger partial charge in [0.2, 0.25) is 0 Å².